The lowest BCUT2D eigenvalue weighted by Gasteiger charge is -2.21. The van der Waals surface area contributed by atoms with Gasteiger partial charge in [0, 0.05) is 37.2 Å². The first-order chi connectivity index (χ1) is 15.5. The quantitative estimate of drug-likeness (QED) is 0.424. The van der Waals surface area contributed by atoms with Crippen LogP contribution in [0.4, 0.5) is 4.39 Å². The van der Waals surface area contributed by atoms with Crippen molar-refractivity contribution < 1.29 is 9.18 Å². The van der Waals surface area contributed by atoms with E-state index in [1.165, 1.54) is 6.07 Å². The van der Waals surface area contributed by atoms with Gasteiger partial charge < -0.3 is 9.30 Å². The van der Waals surface area contributed by atoms with Crippen molar-refractivity contribution in [1.82, 2.24) is 19.3 Å². The Kier molecular flexibility index (Phi) is 6.30. The lowest BCUT2D eigenvalue weighted by atomic mass is 10.1. The fourth-order valence-electron chi connectivity index (χ4n) is 3.92. The zero-order valence-corrected chi connectivity index (χ0v) is 18.7. The highest BCUT2D eigenvalue weighted by Crippen LogP contribution is 2.27. The number of benzene rings is 1. The Bertz CT molecular complexity index is 1250. The molecule has 0 aliphatic rings. The Labute approximate surface area is 187 Å². The van der Waals surface area contributed by atoms with Gasteiger partial charge in [0.05, 0.1) is 17.8 Å². The van der Waals surface area contributed by atoms with Gasteiger partial charge in [-0.15, -0.1) is 0 Å². The van der Waals surface area contributed by atoms with Crippen molar-refractivity contribution in [3.05, 3.63) is 89.3 Å². The molecule has 0 saturated heterocycles. The van der Waals surface area contributed by atoms with Crippen molar-refractivity contribution in [1.29, 1.82) is 0 Å². The molecule has 0 spiro atoms. The van der Waals surface area contributed by atoms with Crippen molar-refractivity contribution in [3.8, 4) is 11.3 Å². The molecule has 0 aliphatic heterocycles. The number of aryl methyl sites for hydroxylation is 2. The number of rotatable bonds is 7. The number of likely N-dealkylation sites (N-methyl/N-ethyl adjacent to an activating group) is 1. The van der Waals surface area contributed by atoms with Crippen molar-refractivity contribution in [2.75, 3.05) is 13.1 Å². The standard InChI is InChI=1S/C26H27FN4O/c1-4-30(14-11-20-9-12-28-13-10-20)25(32)16-23-26(21-6-7-22(27)19(3)15-21)29-24-8-5-18(2)17-31(23)24/h5-10,12-13,15,17H,4,11,14,16H2,1-3H3. The van der Waals surface area contributed by atoms with Gasteiger partial charge in [-0.25, -0.2) is 9.37 Å². The highest BCUT2D eigenvalue weighted by atomic mass is 19.1. The number of aromatic nitrogens is 3. The van der Waals surface area contributed by atoms with Gasteiger partial charge in [-0.2, -0.15) is 0 Å². The number of amides is 1. The number of carbonyl (C=O) groups excluding carboxylic acids is 1. The van der Waals surface area contributed by atoms with Gasteiger partial charge in [-0.3, -0.25) is 9.78 Å². The highest BCUT2D eigenvalue weighted by molar-refractivity contribution is 5.82. The number of imidazole rings is 1. The first-order valence-corrected chi connectivity index (χ1v) is 10.9. The number of carbonyl (C=O) groups is 1. The average molecular weight is 431 g/mol. The lowest BCUT2D eigenvalue weighted by molar-refractivity contribution is -0.130. The van der Waals surface area contributed by atoms with Gasteiger partial charge in [0.25, 0.3) is 0 Å². The zero-order chi connectivity index (χ0) is 22.7. The molecule has 1 aromatic carbocycles. The van der Waals surface area contributed by atoms with Gasteiger partial charge in [-0.1, -0.05) is 6.07 Å². The minimum Gasteiger partial charge on any atom is -0.342 e. The molecule has 6 heteroatoms. The predicted molar refractivity (Wildman–Crippen MR) is 124 cm³/mol. The van der Waals surface area contributed by atoms with Crippen LogP contribution in [0.1, 0.15) is 29.3 Å². The maximum atomic E-state index is 13.9. The molecule has 0 aliphatic carbocycles. The molecule has 0 atom stereocenters. The average Bonchev–Trinajstić information content (AvgIpc) is 3.14. The SMILES string of the molecule is CCN(CCc1ccncc1)C(=O)Cc1c(-c2ccc(F)c(C)c2)nc2ccc(C)cn12. The van der Waals surface area contributed by atoms with Crippen molar-refractivity contribution in [2.45, 2.75) is 33.6 Å². The number of nitrogens with zero attached hydrogens (tertiary/aromatic N) is 4. The van der Waals surface area contributed by atoms with Crippen LogP contribution in [-0.2, 0) is 17.6 Å². The normalized spacial score (nSPS) is 11.1. The van der Waals surface area contributed by atoms with E-state index in [0.29, 0.717) is 18.7 Å². The van der Waals surface area contributed by atoms with Crippen LogP contribution >= 0.6 is 0 Å². The largest absolute Gasteiger partial charge is 0.342 e. The predicted octanol–water partition coefficient (Wildman–Crippen LogP) is 4.79. The summed E-state index contributed by atoms with van der Waals surface area (Å²) < 4.78 is 15.9. The molecule has 32 heavy (non-hydrogen) atoms. The van der Waals surface area contributed by atoms with Crippen molar-refractivity contribution in [3.63, 3.8) is 0 Å². The highest BCUT2D eigenvalue weighted by Gasteiger charge is 2.20. The van der Waals surface area contributed by atoms with Crippen molar-refractivity contribution in [2.24, 2.45) is 0 Å². The number of hydrogen-bond acceptors (Lipinski definition) is 3. The molecular formula is C26H27FN4O. The molecule has 4 aromatic rings. The summed E-state index contributed by atoms with van der Waals surface area (Å²) in [7, 11) is 0. The third-order valence-corrected chi connectivity index (χ3v) is 5.77. The second-order valence-corrected chi connectivity index (χ2v) is 8.06. The molecule has 1 amide bonds. The zero-order valence-electron chi connectivity index (χ0n) is 18.7. The Morgan fingerprint density at radius 3 is 2.59 bits per heavy atom. The summed E-state index contributed by atoms with van der Waals surface area (Å²) in [6.07, 6.45) is 6.54. The van der Waals surface area contributed by atoms with E-state index in [2.05, 4.69) is 4.98 Å². The molecule has 4 rings (SSSR count). The van der Waals surface area contributed by atoms with E-state index in [-0.39, 0.29) is 18.1 Å². The second-order valence-electron chi connectivity index (χ2n) is 8.06. The molecule has 3 aromatic heterocycles. The topological polar surface area (TPSA) is 50.5 Å². The second kappa shape index (κ2) is 9.30. The Morgan fingerprint density at radius 1 is 1.09 bits per heavy atom. The third kappa shape index (κ3) is 4.54. The van der Waals surface area contributed by atoms with E-state index in [1.807, 2.05) is 53.6 Å². The monoisotopic (exact) mass is 430 g/mol. The van der Waals surface area contributed by atoms with Crippen LogP contribution in [-0.4, -0.2) is 38.3 Å². The van der Waals surface area contributed by atoms with Crippen LogP contribution < -0.4 is 0 Å². The summed E-state index contributed by atoms with van der Waals surface area (Å²) in [4.78, 5) is 24.0. The van der Waals surface area contributed by atoms with Gasteiger partial charge in [0.1, 0.15) is 11.5 Å². The fraction of sp³-hybridized carbons (Fsp3) is 0.269. The Hall–Kier alpha value is -3.54. The van der Waals surface area contributed by atoms with Crippen LogP contribution in [0.25, 0.3) is 16.9 Å². The summed E-state index contributed by atoms with van der Waals surface area (Å²) in [6.45, 7) is 7.01. The van der Waals surface area contributed by atoms with Gasteiger partial charge in [-0.05, 0) is 80.3 Å². The van der Waals surface area contributed by atoms with Crippen LogP contribution in [0.5, 0.6) is 0 Å². The van der Waals surface area contributed by atoms with Crippen LogP contribution in [0.3, 0.4) is 0 Å². The van der Waals surface area contributed by atoms with E-state index in [1.54, 1.807) is 31.5 Å². The molecule has 0 unspecified atom stereocenters. The third-order valence-electron chi connectivity index (χ3n) is 5.77. The van der Waals surface area contributed by atoms with Gasteiger partial charge >= 0.3 is 0 Å². The van der Waals surface area contributed by atoms with Crippen LogP contribution in [0.15, 0.2) is 61.1 Å². The lowest BCUT2D eigenvalue weighted by Crippen LogP contribution is -2.34. The number of halogens is 1. The first-order valence-electron chi connectivity index (χ1n) is 10.9. The van der Waals surface area contributed by atoms with Gasteiger partial charge in [0.15, 0.2) is 0 Å². The first kappa shape index (κ1) is 21.7. The molecular weight excluding hydrogens is 403 g/mol. The summed E-state index contributed by atoms with van der Waals surface area (Å²) in [5, 5.41) is 0. The molecule has 3 heterocycles. The minimum atomic E-state index is -0.251. The molecule has 0 bridgehead atoms. The number of fused-ring (bicyclic) bond motifs is 1. The molecule has 0 radical (unpaired) electrons. The molecule has 0 saturated carbocycles. The van der Waals surface area contributed by atoms with Crippen LogP contribution in [0, 0.1) is 19.7 Å². The smallest absolute Gasteiger partial charge is 0.228 e. The Morgan fingerprint density at radius 2 is 1.88 bits per heavy atom. The molecule has 164 valence electrons. The summed E-state index contributed by atoms with van der Waals surface area (Å²) in [5.41, 5.74) is 5.91. The van der Waals surface area contributed by atoms with Gasteiger partial charge in [0.2, 0.25) is 5.91 Å². The van der Waals surface area contributed by atoms with E-state index in [0.717, 1.165) is 40.1 Å². The molecule has 5 nitrogen and oxygen atoms in total. The van der Waals surface area contributed by atoms with E-state index < -0.39 is 0 Å². The molecule has 0 N–H and O–H groups in total. The van der Waals surface area contributed by atoms with E-state index in [9.17, 15) is 9.18 Å². The van der Waals surface area contributed by atoms with E-state index >= 15 is 0 Å². The van der Waals surface area contributed by atoms with Crippen LogP contribution in [0.2, 0.25) is 0 Å². The fourth-order valence-corrected chi connectivity index (χ4v) is 3.92. The Balaban J connectivity index is 1.66. The van der Waals surface area contributed by atoms with E-state index in [4.69, 9.17) is 4.98 Å². The summed E-state index contributed by atoms with van der Waals surface area (Å²) >= 11 is 0. The maximum absolute atomic E-state index is 13.9. The summed E-state index contributed by atoms with van der Waals surface area (Å²) in [6, 6.07) is 12.9. The number of pyridine rings is 2. The minimum absolute atomic E-state index is 0.0462. The van der Waals surface area contributed by atoms with Crippen molar-refractivity contribution >= 4 is 11.6 Å². The summed E-state index contributed by atoms with van der Waals surface area (Å²) in [5.74, 6) is -0.204. The number of hydrogen-bond donors (Lipinski definition) is 0. The molecule has 0 fully saturated rings. The maximum Gasteiger partial charge on any atom is 0.228 e.